The Balaban J connectivity index is 2.22. The Morgan fingerprint density at radius 1 is 1.11 bits per heavy atom. The van der Waals surface area contributed by atoms with Gasteiger partial charge in [0, 0.05) is 12.6 Å². The fraction of sp³-hybridized carbons (Fsp3) is 0.368. The highest BCUT2D eigenvalue weighted by atomic mass is 32.2. The smallest absolute Gasteiger partial charge is 0.309 e. The second-order valence-electron chi connectivity index (χ2n) is 6.37. The first-order valence-electron chi connectivity index (χ1n) is 8.68. The number of hydrogen-bond donors (Lipinski definition) is 2. The quantitative estimate of drug-likeness (QED) is 0.689. The van der Waals surface area contributed by atoms with Crippen LogP contribution in [0.3, 0.4) is 0 Å². The van der Waals surface area contributed by atoms with Gasteiger partial charge in [0.05, 0.1) is 0 Å². The number of thiophene rings is 1. The fourth-order valence-electron chi connectivity index (χ4n) is 2.41. The number of carbonyl (C=O) groups is 2. The topological polar surface area (TPSA) is 92.3 Å². The second-order valence-corrected chi connectivity index (χ2v) is 9.67. The third kappa shape index (κ3) is 5.40. The largest absolute Gasteiger partial charge is 0.346 e. The molecule has 2 atom stereocenters. The van der Waals surface area contributed by atoms with Crippen molar-refractivity contribution in [3.8, 4) is 0 Å². The normalized spacial score (nSPS) is 13.6. The average molecular weight is 409 g/mol. The van der Waals surface area contributed by atoms with Crippen LogP contribution in [0, 0.1) is 6.92 Å². The first kappa shape index (κ1) is 21.1. The number of hydrogen-bond acceptors (Lipinski definition) is 5. The van der Waals surface area contributed by atoms with Crippen LogP contribution in [0.1, 0.15) is 36.6 Å². The molecule has 0 saturated carbocycles. The van der Waals surface area contributed by atoms with Gasteiger partial charge in [-0.2, -0.15) is 0 Å². The summed E-state index contributed by atoms with van der Waals surface area (Å²) in [6.45, 7) is 5.41. The maximum absolute atomic E-state index is 13.0. The molecule has 0 aliphatic rings. The molecule has 0 saturated heterocycles. The predicted octanol–water partition coefficient (Wildman–Crippen LogP) is 2.60. The van der Waals surface area contributed by atoms with Crippen LogP contribution < -0.4 is 10.6 Å². The summed E-state index contributed by atoms with van der Waals surface area (Å²) in [5, 5.41) is 5.75. The van der Waals surface area contributed by atoms with Gasteiger partial charge in [0.1, 0.15) is 9.46 Å². The Hall–Kier alpha value is -2.19. The van der Waals surface area contributed by atoms with Crippen molar-refractivity contribution in [2.45, 2.75) is 42.7 Å². The minimum Gasteiger partial charge on any atom is -0.346 e. The standard InChI is InChI=1S/C19H24N2O4S2/c1-4-14(3)21-19(23)18(22)20-12-16(15-9-7-13(2)8-10-15)27(24,25)17-6-5-11-26-17/h5-11,14,16H,4,12H2,1-3H3,(H,20,22)(H,21,23)/t14-,16-/m0/s1. The Labute approximate surface area is 163 Å². The van der Waals surface area contributed by atoms with E-state index in [1.165, 1.54) is 0 Å². The Morgan fingerprint density at radius 3 is 2.33 bits per heavy atom. The van der Waals surface area contributed by atoms with Gasteiger partial charge >= 0.3 is 11.8 Å². The van der Waals surface area contributed by atoms with Crippen LogP contribution >= 0.6 is 11.3 Å². The maximum Gasteiger partial charge on any atom is 0.309 e. The third-order valence-corrected chi connectivity index (χ3v) is 7.78. The van der Waals surface area contributed by atoms with E-state index in [1.807, 2.05) is 26.0 Å². The molecule has 0 aliphatic heterocycles. The van der Waals surface area contributed by atoms with Crippen LogP contribution in [0.2, 0.25) is 0 Å². The average Bonchev–Trinajstić information content (AvgIpc) is 3.18. The number of rotatable bonds is 7. The van der Waals surface area contributed by atoms with Crippen molar-refractivity contribution in [3.63, 3.8) is 0 Å². The van der Waals surface area contributed by atoms with E-state index in [1.54, 1.807) is 36.6 Å². The maximum atomic E-state index is 13.0. The highest BCUT2D eigenvalue weighted by Crippen LogP contribution is 2.31. The van der Waals surface area contributed by atoms with E-state index in [-0.39, 0.29) is 16.8 Å². The van der Waals surface area contributed by atoms with Crippen molar-refractivity contribution >= 4 is 33.0 Å². The van der Waals surface area contributed by atoms with E-state index >= 15 is 0 Å². The van der Waals surface area contributed by atoms with E-state index in [4.69, 9.17) is 0 Å². The highest BCUT2D eigenvalue weighted by Gasteiger charge is 2.31. The minimum atomic E-state index is -3.70. The summed E-state index contributed by atoms with van der Waals surface area (Å²) in [5.74, 6) is -1.60. The summed E-state index contributed by atoms with van der Waals surface area (Å²) in [6.07, 6.45) is 0.692. The molecule has 0 unspecified atom stereocenters. The zero-order valence-corrected chi connectivity index (χ0v) is 17.2. The molecule has 0 bridgehead atoms. The molecule has 2 N–H and O–H groups in total. The number of aryl methyl sites for hydroxylation is 1. The Morgan fingerprint density at radius 2 is 1.78 bits per heavy atom. The van der Waals surface area contributed by atoms with Crippen molar-refractivity contribution in [1.29, 1.82) is 0 Å². The number of benzene rings is 1. The Kier molecular flexibility index (Phi) is 7.15. The van der Waals surface area contributed by atoms with Crippen LogP contribution in [0.5, 0.6) is 0 Å². The number of nitrogens with one attached hydrogen (secondary N) is 2. The van der Waals surface area contributed by atoms with Crippen molar-refractivity contribution in [2.75, 3.05) is 6.54 Å². The van der Waals surface area contributed by atoms with Crippen LogP contribution in [0.15, 0.2) is 46.0 Å². The fourth-order valence-corrected chi connectivity index (χ4v) is 5.28. The third-order valence-electron chi connectivity index (χ3n) is 4.24. The zero-order chi connectivity index (χ0) is 20.0. The van der Waals surface area contributed by atoms with E-state index < -0.39 is 26.9 Å². The van der Waals surface area contributed by atoms with Crippen LogP contribution in [-0.2, 0) is 19.4 Å². The van der Waals surface area contributed by atoms with E-state index in [2.05, 4.69) is 10.6 Å². The molecule has 0 spiro atoms. The van der Waals surface area contributed by atoms with Gasteiger partial charge in [-0.15, -0.1) is 11.3 Å². The second kappa shape index (κ2) is 9.14. The lowest BCUT2D eigenvalue weighted by molar-refractivity contribution is -0.139. The molecular formula is C19H24N2O4S2. The SMILES string of the molecule is CC[C@H](C)NC(=O)C(=O)NC[C@@H](c1ccc(C)cc1)S(=O)(=O)c1cccs1. The molecule has 146 valence electrons. The van der Waals surface area contributed by atoms with E-state index in [0.29, 0.717) is 12.0 Å². The lowest BCUT2D eigenvalue weighted by Crippen LogP contribution is -2.45. The van der Waals surface area contributed by atoms with Gasteiger partial charge in [-0.25, -0.2) is 8.42 Å². The molecule has 0 radical (unpaired) electrons. The van der Waals surface area contributed by atoms with Crippen LogP contribution in [-0.4, -0.2) is 32.8 Å². The van der Waals surface area contributed by atoms with Crippen molar-refractivity contribution < 1.29 is 18.0 Å². The molecule has 2 aromatic rings. The molecule has 0 aliphatic carbocycles. The van der Waals surface area contributed by atoms with Gasteiger partial charge in [0.2, 0.25) is 0 Å². The van der Waals surface area contributed by atoms with E-state index in [9.17, 15) is 18.0 Å². The van der Waals surface area contributed by atoms with E-state index in [0.717, 1.165) is 16.9 Å². The monoisotopic (exact) mass is 408 g/mol. The van der Waals surface area contributed by atoms with Crippen molar-refractivity contribution in [3.05, 3.63) is 52.9 Å². The summed E-state index contributed by atoms with van der Waals surface area (Å²) in [7, 11) is -3.70. The summed E-state index contributed by atoms with van der Waals surface area (Å²) < 4.78 is 26.3. The molecule has 1 heterocycles. The minimum absolute atomic E-state index is 0.133. The van der Waals surface area contributed by atoms with Crippen molar-refractivity contribution in [1.82, 2.24) is 10.6 Å². The molecule has 0 fully saturated rings. The lowest BCUT2D eigenvalue weighted by Gasteiger charge is -2.18. The number of amides is 2. The van der Waals surface area contributed by atoms with Crippen LogP contribution in [0.25, 0.3) is 0 Å². The number of sulfone groups is 1. The van der Waals surface area contributed by atoms with Gasteiger partial charge in [-0.3, -0.25) is 9.59 Å². The molecule has 1 aromatic heterocycles. The summed E-state index contributed by atoms with van der Waals surface area (Å²) in [4.78, 5) is 24.0. The van der Waals surface area contributed by atoms with Gasteiger partial charge in [0.25, 0.3) is 0 Å². The highest BCUT2D eigenvalue weighted by molar-refractivity contribution is 7.93. The summed E-state index contributed by atoms with van der Waals surface area (Å²) >= 11 is 1.13. The first-order chi connectivity index (χ1) is 12.8. The number of carbonyl (C=O) groups excluding carboxylic acids is 2. The molecule has 6 nitrogen and oxygen atoms in total. The van der Waals surface area contributed by atoms with Crippen molar-refractivity contribution in [2.24, 2.45) is 0 Å². The van der Waals surface area contributed by atoms with Gasteiger partial charge in [0.15, 0.2) is 9.84 Å². The molecular weight excluding hydrogens is 384 g/mol. The molecule has 27 heavy (non-hydrogen) atoms. The summed E-state index contributed by atoms with van der Waals surface area (Å²) in [6, 6.07) is 10.2. The molecule has 2 amide bonds. The molecule has 1 aromatic carbocycles. The molecule has 8 heteroatoms. The van der Waals surface area contributed by atoms with Gasteiger partial charge in [-0.1, -0.05) is 42.8 Å². The molecule has 2 rings (SSSR count). The van der Waals surface area contributed by atoms with Crippen LogP contribution in [0.4, 0.5) is 0 Å². The Bertz CT molecular complexity index is 875. The first-order valence-corrected chi connectivity index (χ1v) is 11.1. The van der Waals surface area contributed by atoms with Gasteiger partial charge < -0.3 is 10.6 Å². The predicted molar refractivity (Wildman–Crippen MR) is 106 cm³/mol. The lowest BCUT2D eigenvalue weighted by atomic mass is 10.1. The van der Waals surface area contributed by atoms with Gasteiger partial charge in [-0.05, 0) is 37.3 Å². The zero-order valence-electron chi connectivity index (χ0n) is 15.6. The summed E-state index contributed by atoms with van der Waals surface area (Å²) in [5.41, 5.74) is 1.57.